The van der Waals surface area contributed by atoms with Crippen LogP contribution in [0.15, 0.2) is 24.5 Å². The van der Waals surface area contributed by atoms with E-state index in [4.69, 9.17) is 5.11 Å². The van der Waals surface area contributed by atoms with Crippen molar-refractivity contribution in [2.24, 2.45) is 0 Å². The number of nitrogens with zero attached hydrogens (tertiary/aromatic N) is 4. The summed E-state index contributed by atoms with van der Waals surface area (Å²) in [7, 11) is 0. The Kier molecular flexibility index (Phi) is 2.17. The maximum atomic E-state index is 10.7. The van der Waals surface area contributed by atoms with Crippen LogP contribution in [0.3, 0.4) is 0 Å². The van der Waals surface area contributed by atoms with Crippen molar-refractivity contribution in [3.63, 3.8) is 0 Å². The number of aromatic carboxylic acids is 1. The molecule has 0 aliphatic heterocycles. The maximum absolute atomic E-state index is 10.7. The van der Waals surface area contributed by atoms with Gasteiger partial charge in [-0.3, -0.25) is 0 Å². The zero-order valence-electron chi connectivity index (χ0n) is 7.95. The Hall–Kier alpha value is -2.24. The second-order valence-corrected chi connectivity index (χ2v) is 2.95. The van der Waals surface area contributed by atoms with E-state index in [9.17, 15) is 4.79 Å². The summed E-state index contributed by atoms with van der Waals surface area (Å²) < 4.78 is 1.43. The predicted molar refractivity (Wildman–Crippen MR) is 50.9 cm³/mol. The maximum Gasteiger partial charge on any atom is 0.354 e. The topological polar surface area (TPSA) is 80.9 Å². The minimum atomic E-state index is -1.08. The van der Waals surface area contributed by atoms with Gasteiger partial charge in [-0.05, 0) is 19.1 Å². The number of aromatic nitrogens is 4. The quantitative estimate of drug-likeness (QED) is 0.777. The van der Waals surface area contributed by atoms with E-state index in [1.807, 2.05) is 6.92 Å². The van der Waals surface area contributed by atoms with E-state index in [1.54, 1.807) is 12.3 Å². The summed E-state index contributed by atoms with van der Waals surface area (Å²) >= 11 is 0. The van der Waals surface area contributed by atoms with Crippen LogP contribution >= 0.6 is 0 Å². The Balaban J connectivity index is 2.45. The molecule has 2 aromatic heterocycles. The van der Waals surface area contributed by atoms with Crippen LogP contribution in [-0.2, 0) is 0 Å². The molecular weight excluding hydrogens is 196 g/mol. The molecular formula is C9H8N4O2. The molecule has 6 nitrogen and oxygen atoms in total. The predicted octanol–water partition coefficient (Wildman–Crippen LogP) is 0.669. The second-order valence-electron chi connectivity index (χ2n) is 2.95. The van der Waals surface area contributed by atoms with Gasteiger partial charge in [-0.15, -0.1) is 0 Å². The fourth-order valence-electron chi connectivity index (χ4n) is 1.10. The third kappa shape index (κ3) is 1.83. The molecule has 0 radical (unpaired) electrons. The fourth-order valence-corrected chi connectivity index (χ4v) is 1.10. The highest BCUT2D eigenvalue weighted by atomic mass is 16.4. The first-order chi connectivity index (χ1) is 7.16. The molecule has 0 aromatic carbocycles. The Bertz CT molecular complexity index is 506. The third-order valence-corrected chi connectivity index (χ3v) is 1.79. The first-order valence-electron chi connectivity index (χ1n) is 4.26. The van der Waals surface area contributed by atoms with Crippen molar-refractivity contribution in [3.05, 3.63) is 35.9 Å². The van der Waals surface area contributed by atoms with Crippen molar-refractivity contribution in [2.45, 2.75) is 6.92 Å². The van der Waals surface area contributed by atoms with Gasteiger partial charge in [-0.1, -0.05) is 0 Å². The molecule has 0 aliphatic carbocycles. The van der Waals surface area contributed by atoms with E-state index in [2.05, 4.69) is 15.1 Å². The molecule has 0 fully saturated rings. The van der Waals surface area contributed by atoms with Crippen LogP contribution in [0.1, 0.15) is 16.2 Å². The van der Waals surface area contributed by atoms with Gasteiger partial charge in [-0.25, -0.2) is 19.4 Å². The van der Waals surface area contributed by atoms with Crippen LogP contribution in [0.4, 0.5) is 0 Å². The molecule has 2 aromatic rings. The van der Waals surface area contributed by atoms with E-state index in [-0.39, 0.29) is 11.6 Å². The highest BCUT2D eigenvalue weighted by molar-refractivity contribution is 5.85. The minimum Gasteiger partial charge on any atom is -0.477 e. The van der Waals surface area contributed by atoms with Crippen molar-refractivity contribution in [3.8, 4) is 5.95 Å². The van der Waals surface area contributed by atoms with Crippen LogP contribution in [0, 0.1) is 6.92 Å². The first kappa shape index (κ1) is 9.32. The third-order valence-electron chi connectivity index (χ3n) is 1.79. The molecule has 0 unspecified atom stereocenters. The van der Waals surface area contributed by atoms with Gasteiger partial charge in [0.15, 0.2) is 5.69 Å². The summed E-state index contributed by atoms with van der Waals surface area (Å²) in [4.78, 5) is 18.4. The Morgan fingerprint density at radius 1 is 1.47 bits per heavy atom. The van der Waals surface area contributed by atoms with Crippen LogP contribution < -0.4 is 0 Å². The Labute approximate surface area is 85.2 Å². The van der Waals surface area contributed by atoms with E-state index >= 15 is 0 Å². The highest BCUT2D eigenvalue weighted by Crippen LogP contribution is 2.02. The van der Waals surface area contributed by atoms with Gasteiger partial charge in [0, 0.05) is 12.4 Å². The van der Waals surface area contributed by atoms with Gasteiger partial charge >= 0.3 is 5.97 Å². The summed E-state index contributed by atoms with van der Waals surface area (Å²) in [6.07, 6.45) is 3.07. The molecule has 0 amide bonds. The second kappa shape index (κ2) is 3.49. The summed E-state index contributed by atoms with van der Waals surface area (Å²) in [6, 6.07) is 3.12. The van der Waals surface area contributed by atoms with E-state index < -0.39 is 5.97 Å². The molecule has 0 aliphatic rings. The smallest absolute Gasteiger partial charge is 0.354 e. The zero-order chi connectivity index (χ0) is 10.8. The number of carboxylic acids is 1. The molecule has 0 saturated carbocycles. The lowest BCUT2D eigenvalue weighted by atomic mass is 10.4. The lowest BCUT2D eigenvalue weighted by Crippen LogP contribution is -2.07. The number of aryl methyl sites for hydroxylation is 1. The van der Waals surface area contributed by atoms with Crippen LogP contribution in [0.5, 0.6) is 0 Å². The van der Waals surface area contributed by atoms with Gasteiger partial charge in [0.2, 0.25) is 0 Å². The van der Waals surface area contributed by atoms with Crippen molar-refractivity contribution in [1.29, 1.82) is 0 Å². The molecule has 76 valence electrons. The molecule has 0 spiro atoms. The van der Waals surface area contributed by atoms with Gasteiger partial charge in [0.05, 0.1) is 5.69 Å². The minimum absolute atomic E-state index is 0.0480. The fraction of sp³-hybridized carbons (Fsp3) is 0.111. The van der Waals surface area contributed by atoms with Gasteiger partial charge in [0.1, 0.15) is 0 Å². The van der Waals surface area contributed by atoms with Crippen molar-refractivity contribution in [2.75, 3.05) is 0 Å². The monoisotopic (exact) mass is 204 g/mol. The largest absolute Gasteiger partial charge is 0.477 e. The van der Waals surface area contributed by atoms with Crippen molar-refractivity contribution in [1.82, 2.24) is 19.7 Å². The molecule has 6 heteroatoms. The SMILES string of the molecule is Cc1ccn(-c2nccc(C(=O)O)n2)n1. The number of hydrogen-bond acceptors (Lipinski definition) is 4. The average Bonchev–Trinajstić information content (AvgIpc) is 2.65. The molecule has 0 bridgehead atoms. The molecule has 2 rings (SSSR count). The number of carboxylic acid groups (broad SMARTS) is 1. The zero-order valence-corrected chi connectivity index (χ0v) is 7.95. The highest BCUT2D eigenvalue weighted by Gasteiger charge is 2.07. The Morgan fingerprint density at radius 3 is 2.87 bits per heavy atom. The van der Waals surface area contributed by atoms with E-state index in [0.717, 1.165) is 5.69 Å². The lowest BCUT2D eigenvalue weighted by molar-refractivity contribution is 0.0690. The summed E-state index contributed by atoms with van der Waals surface area (Å²) in [6.45, 7) is 1.83. The van der Waals surface area contributed by atoms with Crippen molar-refractivity contribution < 1.29 is 9.90 Å². The molecule has 1 N–H and O–H groups in total. The Morgan fingerprint density at radius 2 is 2.27 bits per heavy atom. The molecule has 0 saturated heterocycles. The first-order valence-corrected chi connectivity index (χ1v) is 4.26. The summed E-state index contributed by atoms with van der Waals surface area (Å²) in [5.74, 6) is -0.828. The molecule has 2 heterocycles. The summed E-state index contributed by atoms with van der Waals surface area (Å²) in [5.41, 5.74) is 0.771. The average molecular weight is 204 g/mol. The number of rotatable bonds is 2. The lowest BCUT2D eigenvalue weighted by Gasteiger charge is -1.99. The number of carbonyl (C=O) groups is 1. The van der Waals surface area contributed by atoms with Crippen LogP contribution in [0.25, 0.3) is 5.95 Å². The molecule has 0 atom stereocenters. The normalized spacial score (nSPS) is 10.2. The van der Waals surface area contributed by atoms with Gasteiger partial charge in [-0.2, -0.15) is 5.10 Å². The molecule has 15 heavy (non-hydrogen) atoms. The van der Waals surface area contributed by atoms with Crippen LogP contribution in [0.2, 0.25) is 0 Å². The van der Waals surface area contributed by atoms with E-state index in [0.29, 0.717) is 0 Å². The van der Waals surface area contributed by atoms with Crippen molar-refractivity contribution >= 4 is 5.97 Å². The summed E-state index contributed by atoms with van der Waals surface area (Å²) in [5, 5.41) is 12.8. The van der Waals surface area contributed by atoms with Crippen LogP contribution in [-0.4, -0.2) is 30.8 Å². The van der Waals surface area contributed by atoms with Gasteiger partial charge < -0.3 is 5.11 Å². The van der Waals surface area contributed by atoms with E-state index in [1.165, 1.54) is 16.9 Å². The standard InChI is InChI=1S/C9H8N4O2/c1-6-3-5-13(12-6)9-10-4-2-7(11-9)8(14)15/h2-5H,1H3,(H,14,15). The number of hydrogen-bond donors (Lipinski definition) is 1. The van der Waals surface area contributed by atoms with Gasteiger partial charge in [0.25, 0.3) is 5.95 Å².